The molecule has 2 fully saturated rings. The summed E-state index contributed by atoms with van der Waals surface area (Å²) >= 11 is 0. The van der Waals surface area contributed by atoms with Crippen LogP contribution in [0.4, 0.5) is 5.69 Å². The molecule has 2 saturated heterocycles. The number of carbonyl (C=O) groups is 1. The van der Waals surface area contributed by atoms with E-state index in [0.717, 1.165) is 57.1 Å². The molecule has 0 aliphatic carbocycles. The standard InChI is InChI=1S/C19H28N2O3/c1-19(2,3)16-6-4-5-15(18(22)23)17(16)21-8-7-14(13-21)20-9-11-24-12-10-20/h4-6,14H,7-13H2,1-3H3,(H,22,23). The maximum absolute atomic E-state index is 11.8. The van der Waals surface area contributed by atoms with Gasteiger partial charge >= 0.3 is 5.97 Å². The van der Waals surface area contributed by atoms with Crippen molar-refractivity contribution in [2.24, 2.45) is 0 Å². The number of carboxylic acid groups (broad SMARTS) is 1. The zero-order valence-corrected chi connectivity index (χ0v) is 14.9. The highest BCUT2D eigenvalue weighted by Crippen LogP contribution is 2.37. The predicted molar refractivity (Wildman–Crippen MR) is 95.1 cm³/mol. The molecule has 5 heteroatoms. The third-order valence-corrected chi connectivity index (χ3v) is 5.12. The first-order chi connectivity index (χ1) is 11.4. The van der Waals surface area contributed by atoms with Gasteiger partial charge in [-0.25, -0.2) is 4.79 Å². The molecule has 0 bridgehead atoms. The van der Waals surface area contributed by atoms with Crippen LogP contribution in [0.2, 0.25) is 0 Å². The quantitative estimate of drug-likeness (QED) is 0.922. The van der Waals surface area contributed by atoms with E-state index in [9.17, 15) is 9.90 Å². The lowest BCUT2D eigenvalue weighted by atomic mass is 9.84. The molecule has 5 nitrogen and oxygen atoms in total. The molecule has 0 radical (unpaired) electrons. The van der Waals surface area contributed by atoms with Crippen LogP contribution in [-0.4, -0.2) is 61.4 Å². The van der Waals surface area contributed by atoms with Crippen molar-refractivity contribution in [3.8, 4) is 0 Å². The molecular formula is C19H28N2O3. The lowest BCUT2D eigenvalue weighted by Gasteiger charge is -2.33. The number of anilines is 1. The van der Waals surface area contributed by atoms with E-state index in [1.807, 2.05) is 6.07 Å². The smallest absolute Gasteiger partial charge is 0.337 e. The van der Waals surface area contributed by atoms with Gasteiger partial charge in [-0.15, -0.1) is 0 Å². The van der Waals surface area contributed by atoms with Gasteiger partial charge in [-0.05, 0) is 23.5 Å². The zero-order chi connectivity index (χ0) is 17.3. The molecule has 1 aromatic rings. The van der Waals surface area contributed by atoms with E-state index in [4.69, 9.17) is 4.74 Å². The van der Waals surface area contributed by atoms with Gasteiger partial charge < -0.3 is 14.7 Å². The molecule has 1 aromatic carbocycles. The molecule has 2 aliphatic heterocycles. The summed E-state index contributed by atoms with van der Waals surface area (Å²) in [6, 6.07) is 6.16. The maximum Gasteiger partial charge on any atom is 0.337 e. The Balaban J connectivity index is 1.89. The Labute approximate surface area is 144 Å². The molecular weight excluding hydrogens is 304 g/mol. The van der Waals surface area contributed by atoms with Crippen LogP contribution in [-0.2, 0) is 10.2 Å². The van der Waals surface area contributed by atoms with Crippen molar-refractivity contribution in [1.29, 1.82) is 0 Å². The second kappa shape index (κ2) is 6.73. The number of aromatic carboxylic acids is 1. The van der Waals surface area contributed by atoms with Crippen molar-refractivity contribution in [1.82, 2.24) is 4.90 Å². The number of benzene rings is 1. The molecule has 2 aliphatic rings. The van der Waals surface area contributed by atoms with Gasteiger partial charge in [0.2, 0.25) is 0 Å². The molecule has 0 saturated carbocycles. The molecule has 0 spiro atoms. The third kappa shape index (κ3) is 3.42. The van der Waals surface area contributed by atoms with Crippen LogP contribution < -0.4 is 4.90 Å². The number of hydrogen-bond acceptors (Lipinski definition) is 4. The van der Waals surface area contributed by atoms with Crippen LogP contribution in [0, 0.1) is 0 Å². The van der Waals surface area contributed by atoms with Gasteiger partial charge in [0.15, 0.2) is 0 Å². The SMILES string of the molecule is CC(C)(C)c1cccc(C(=O)O)c1N1CCC(N2CCOCC2)C1. The Bertz CT molecular complexity index is 603. The van der Waals surface area contributed by atoms with Crippen LogP contribution in [0.15, 0.2) is 18.2 Å². The van der Waals surface area contributed by atoms with Crippen molar-refractivity contribution in [2.75, 3.05) is 44.3 Å². The highest BCUT2D eigenvalue weighted by molar-refractivity contribution is 5.95. The number of nitrogens with zero attached hydrogens (tertiary/aromatic N) is 2. The van der Waals surface area contributed by atoms with Crippen LogP contribution in [0.1, 0.15) is 43.1 Å². The number of para-hydroxylation sites is 1. The van der Waals surface area contributed by atoms with E-state index in [1.54, 1.807) is 6.07 Å². The second-order valence-electron chi connectivity index (χ2n) is 7.79. The minimum absolute atomic E-state index is 0.0855. The number of hydrogen-bond donors (Lipinski definition) is 1. The summed E-state index contributed by atoms with van der Waals surface area (Å²) in [5.41, 5.74) is 2.36. The Morgan fingerprint density at radius 1 is 1.21 bits per heavy atom. The monoisotopic (exact) mass is 332 g/mol. The van der Waals surface area contributed by atoms with Crippen LogP contribution in [0.3, 0.4) is 0 Å². The first kappa shape index (κ1) is 17.2. The number of morpholine rings is 1. The summed E-state index contributed by atoms with van der Waals surface area (Å²) in [5.74, 6) is -0.842. The Morgan fingerprint density at radius 3 is 2.54 bits per heavy atom. The van der Waals surface area contributed by atoms with Gasteiger partial charge in [-0.3, -0.25) is 4.90 Å². The molecule has 132 valence electrons. The summed E-state index contributed by atoms with van der Waals surface area (Å²) in [5, 5.41) is 9.68. The largest absolute Gasteiger partial charge is 0.478 e. The molecule has 0 aromatic heterocycles. The molecule has 1 unspecified atom stereocenters. The summed E-state index contributed by atoms with van der Waals surface area (Å²) < 4.78 is 5.45. The van der Waals surface area contributed by atoms with Crippen molar-refractivity contribution in [3.05, 3.63) is 29.3 Å². The van der Waals surface area contributed by atoms with Crippen LogP contribution in [0.25, 0.3) is 0 Å². The average molecular weight is 332 g/mol. The lowest BCUT2D eigenvalue weighted by molar-refractivity contribution is 0.0209. The normalized spacial score (nSPS) is 22.8. The van der Waals surface area contributed by atoms with Crippen molar-refractivity contribution in [3.63, 3.8) is 0 Å². The van der Waals surface area contributed by atoms with E-state index in [1.165, 1.54) is 0 Å². The van der Waals surface area contributed by atoms with Gasteiger partial charge in [-0.2, -0.15) is 0 Å². The van der Waals surface area contributed by atoms with E-state index in [0.29, 0.717) is 11.6 Å². The summed E-state index contributed by atoms with van der Waals surface area (Å²) in [7, 11) is 0. The summed E-state index contributed by atoms with van der Waals surface area (Å²) in [4.78, 5) is 16.6. The first-order valence-electron chi connectivity index (χ1n) is 8.81. The van der Waals surface area contributed by atoms with Crippen molar-refractivity contribution in [2.45, 2.75) is 38.6 Å². The third-order valence-electron chi connectivity index (χ3n) is 5.12. The fourth-order valence-electron chi connectivity index (χ4n) is 3.85. The minimum Gasteiger partial charge on any atom is -0.478 e. The summed E-state index contributed by atoms with van der Waals surface area (Å²) in [6.07, 6.45) is 1.08. The van der Waals surface area contributed by atoms with Gasteiger partial charge in [0.05, 0.1) is 24.5 Å². The number of carboxylic acids is 1. The van der Waals surface area contributed by atoms with Gasteiger partial charge in [0.25, 0.3) is 0 Å². The van der Waals surface area contributed by atoms with Gasteiger partial charge in [0, 0.05) is 32.2 Å². The first-order valence-corrected chi connectivity index (χ1v) is 8.81. The van der Waals surface area contributed by atoms with Gasteiger partial charge in [-0.1, -0.05) is 32.9 Å². The number of ether oxygens (including phenoxy) is 1. The topological polar surface area (TPSA) is 53.0 Å². The fourth-order valence-corrected chi connectivity index (χ4v) is 3.85. The fraction of sp³-hybridized carbons (Fsp3) is 0.632. The molecule has 1 N–H and O–H groups in total. The lowest BCUT2D eigenvalue weighted by Crippen LogP contribution is -2.44. The second-order valence-corrected chi connectivity index (χ2v) is 7.79. The molecule has 24 heavy (non-hydrogen) atoms. The predicted octanol–water partition coefficient (Wildman–Crippen LogP) is 2.59. The molecule has 1 atom stereocenters. The van der Waals surface area contributed by atoms with Gasteiger partial charge in [0.1, 0.15) is 0 Å². The Morgan fingerprint density at radius 2 is 1.92 bits per heavy atom. The number of rotatable bonds is 3. The van der Waals surface area contributed by atoms with Crippen LogP contribution >= 0.6 is 0 Å². The maximum atomic E-state index is 11.8. The van der Waals surface area contributed by atoms with Crippen molar-refractivity contribution >= 4 is 11.7 Å². The highest BCUT2D eigenvalue weighted by atomic mass is 16.5. The van der Waals surface area contributed by atoms with E-state index < -0.39 is 5.97 Å². The molecule has 2 heterocycles. The molecule has 0 amide bonds. The molecule has 3 rings (SSSR count). The van der Waals surface area contributed by atoms with Crippen LogP contribution in [0.5, 0.6) is 0 Å². The van der Waals surface area contributed by atoms with Crippen molar-refractivity contribution < 1.29 is 14.6 Å². The zero-order valence-electron chi connectivity index (χ0n) is 14.9. The summed E-state index contributed by atoms with van der Waals surface area (Å²) in [6.45, 7) is 11.8. The van der Waals surface area contributed by atoms with E-state index >= 15 is 0 Å². The highest BCUT2D eigenvalue weighted by Gasteiger charge is 2.33. The Kier molecular flexibility index (Phi) is 4.83. The van der Waals surface area contributed by atoms with E-state index in [-0.39, 0.29) is 5.41 Å². The minimum atomic E-state index is -0.842. The van der Waals surface area contributed by atoms with E-state index in [2.05, 4.69) is 36.6 Å². The average Bonchev–Trinajstić information content (AvgIpc) is 3.04. The Hall–Kier alpha value is -1.59.